The van der Waals surface area contributed by atoms with Crippen LogP contribution in [0.5, 0.6) is 0 Å². The van der Waals surface area contributed by atoms with Crippen LogP contribution in [-0.2, 0) is 21.5 Å². The number of unbranched alkanes of at least 4 members (excludes halogenated alkanes) is 3. The van der Waals surface area contributed by atoms with Crippen LogP contribution in [0, 0.1) is 0 Å². The summed E-state index contributed by atoms with van der Waals surface area (Å²) in [6.07, 6.45) is 4.85. The van der Waals surface area contributed by atoms with Crippen LogP contribution in [0.3, 0.4) is 0 Å². The maximum Gasteiger partial charge on any atom is 0.647 e. The molecule has 0 fully saturated rings. The van der Waals surface area contributed by atoms with E-state index in [1.807, 2.05) is 0 Å². The minimum atomic E-state index is -3.18. The fourth-order valence-electron chi connectivity index (χ4n) is 2.23. The van der Waals surface area contributed by atoms with E-state index in [0.29, 0.717) is 13.2 Å². The smallest absolute Gasteiger partial charge is 0.395 e. The maximum atomic E-state index is 6.46. The van der Waals surface area contributed by atoms with Gasteiger partial charge in [-0.3, -0.25) is 0 Å². The standard InChI is InChI=1S/C17H44O5Si4/c1-11-12-13-14-15-18-16-17-19-26(20-23(2,3)4,21-24(5,6)7)22-25(8,9)10/h11-17H2,1-10H3. The van der Waals surface area contributed by atoms with Crippen molar-refractivity contribution < 1.29 is 21.5 Å². The van der Waals surface area contributed by atoms with Crippen molar-refractivity contribution in [1.82, 2.24) is 0 Å². The maximum absolute atomic E-state index is 6.46. The number of hydrogen-bond acceptors (Lipinski definition) is 5. The largest absolute Gasteiger partial charge is 0.647 e. The Morgan fingerprint density at radius 2 is 1.00 bits per heavy atom. The van der Waals surface area contributed by atoms with E-state index >= 15 is 0 Å². The van der Waals surface area contributed by atoms with Crippen molar-refractivity contribution in [3.05, 3.63) is 0 Å². The summed E-state index contributed by atoms with van der Waals surface area (Å²) >= 11 is 0. The van der Waals surface area contributed by atoms with E-state index in [9.17, 15) is 0 Å². The Labute approximate surface area is 167 Å². The summed E-state index contributed by atoms with van der Waals surface area (Å²) in [6, 6.07) is 0. The Bertz CT molecular complexity index is 334. The molecule has 5 nitrogen and oxygen atoms in total. The van der Waals surface area contributed by atoms with Gasteiger partial charge in [-0.25, -0.2) is 0 Å². The van der Waals surface area contributed by atoms with E-state index in [4.69, 9.17) is 21.5 Å². The van der Waals surface area contributed by atoms with Crippen molar-refractivity contribution in [3.63, 3.8) is 0 Å². The zero-order valence-electron chi connectivity index (χ0n) is 19.0. The highest BCUT2D eigenvalue weighted by atomic mass is 28.5. The first-order valence-corrected chi connectivity index (χ1v) is 21.9. The molecule has 0 radical (unpaired) electrons. The van der Waals surface area contributed by atoms with Gasteiger partial charge in [-0.05, 0) is 65.3 Å². The number of ether oxygens (including phenoxy) is 1. The number of rotatable bonds is 15. The van der Waals surface area contributed by atoms with Gasteiger partial charge in [-0.2, -0.15) is 0 Å². The van der Waals surface area contributed by atoms with Crippen molar-refractivity contribution in [2.24, 2.45) is 0 Å². The Morgan fingerprint density at radius 1 is 0.538 bits per heavy atom. The summed E-state index contributed by atoms with van der Waals surface area (Å²) in [7, 11) is -8.85. The van der Waals surface area contributed by atoms with Gasteiger partial charge in [0.1, 0.15) is 0 Å². The quantitative estimate of drug-likeness (QED) is 0.245. The normalized spacial score (nSPS) is 14.1. The lowest BCUT2D eigenvalue weighted by Gasteiger charge is -2.40. The molecule has 0 aromatic heterocycles. The van der Waals surface area contributed by atoms with Gasteiger partial charge in [-0.15, -0.1) is 0 Å². The average molecular weight is 441 g/mol. The molecule has 0 aliphatic heterocycles. The lowest BCUT2D eigenvalue weighted by molar-refractivity contribution is 0.0385. The van der Waals surface area contributed by atoms with Gasteiger partial charge in [-0.1, -0.05) is 26.2 Å². The molecule has 158 valence electrons. The van der Waals surface area contributed by atoms with E-state index in [2.05, 4.69) is 65.8 Å². The summed E-state index contributed by atoms with van der Waals surface area (Å²) in [6.45, 7) is 23.4. The second-order valence-electron chi connectivity index (χ2n) is 9.66. The minimum absolute atomic E-state index is 0.458. The molecular weight excluding hydrogens is 397 g/mol. The van der Waals surface area contributed by atoms with Crippen LogP contribution in [0.4, 0.5) is 0 Å². The molecule has 0 heterocycles. The first kappa shape index (κ1) is 26.7. The molecule has 0 saturated heterocycles. The predicted molar refractivity (Wildman–Crippen MR) is 120 cm³/mol. The Hall–Kier alpha value is 0.668. The van der Waals surface area contributed by atoms with Gasteiger partial charge in [0.05, 0.1) is 13.2 Å². The molecule has 0 saturated carbocycles. The van der Waals surface area contributed by atoms with E-state index in [0.717, 1.165) is 13.0 Å². The molecule has 0 spiro atoms. The van der Waals surface area contributed by atoms with Crippen LogP contribution in [0.2, 0.25) is 58.9 Å². The highest BCUT2D eigenvalue weighted by Gasteiger charge is 2.53. The third kappa shape index (κ3) is 15.7. The van der Waals surface area contributed by atoms with Crippen LogP contribution in [0.25, 0.3) is 0 Å². The lowest BCUT2D eigenvalue weighted by Crippen LogP contribution is -2.62. The van der Waals surface area contributed by atoms with Gasteiger partial charge < -0.3 is 21.5 Å². The van der Waals surface area contributed by atoms with Crippen LogP contribution < -0.4 is 0 Å². The average Bonchev–Trinajstić information content (AvgIpc) is 2.35. The van der Waals surface area contributed by atoms with E-state index < -0.39 is 34.0 Å². The van der Waals surface area contributed by atoms with Crippen LogP contribution >= 0.6 is 0 Å². The van der Waals surface area contributed by atoms with Crippen LogP contribution in [0.1, 0.15) is 32.6 Å². The molecule has 0 aliphatic rings. The topological polar surface area (TPSA) is 46.2 Å². The Kier molecular flexibility index (Phi) is 11.9. The fourth-order valence-corrected chi connectivity index (χ4v) is 13.9. The van der Waals surface area contributed by atoms with Crippen molar-refractivity contribution in [2.75, 3.05) is 19.8 Å². The van der Waals surface area contributed by atoms with E-state index in [1.165, 1.54) is 19.3 Å². The summed E-state index contributed by atoms with van der Waals surface area (Å²) in [5.74, 6) is 0. The van der Waals surface area contributed by atoms with Crippen molar-refractivity contribution >= 4 is 34.0 Å². The SMILES string of the molecule is CCCCCCOCCO[Si](O[Si](C)(C)C)(O[Si](C)(C)C)O[Si](C)(C)C. The summed E-state index contributed by atoms with van der Waals surface area (Å²) in [5, 5.41) is 0. The summed E-state index contributed by atoms with van der Waals surface area (Å²) in [5.41, 5.74) is 0. The molecular formula is C17H44O5Si4. The summed E-state index contributed by atoms with van der Waals surface area (Å²) in [4.78, 5) is 0. The molecule has 0 atom stereocenters. The van der Waals surface area contributed by atoms with Gasteiger partial charge in [0.15, 0.2) is 25.0 Å². The molecule has 0 aliphatic carbocycles. The monoisotopic (exact) mass is 440 g/mol. The molecule has 0 aromatic carbocycles. The fraction of sp³-hybridized carbons (Fsp3) is 1.00. The van der Waals surface area contributed by atoms with Crippen molar-refractivity contribution in [1.29, 1.82) is 0 Å². The van der Waals surface area contributed by atoms with E-state index in [1.54, 1.807) is 0 Å². The molecule has 0 aromatic rings. The zero-order chi connectivity index (χ0) is 20.5. The Morgan fingerprint density at radius 3 is 1.38 bits per heavy atom. The molecule has 0 rings (SSSR count). The Balaban J connectivity index is 4.88. The molecule has 0 bridgehead atoms. The number of hydrogen-bond donors (Lipinski definition) is 0. The van der Waals surface area contributed by atoms with Crippen molar-refractivity contribution in [2.45, 2.75) is 91.5 Å². The second kappa shape index (κ2) is 11.6. The molecule has 0 amide bonds. The minimum Gasteiger partial charge on any atom is -0.395 e. The van der Waals surface area contributed by atoms with Gasteiger partial charge in [0.2, 0.25) is 0 Å². The van der Waals surface area contributed by atoms with Crippen molar-refractivity contribution in [3.8, 4) is 0 Å². The van der Waals surface area contributed by atoms with Crippen LogP contribution in [-0.4, -0.2) is 53.8 Å². The highest BCUT2D eigenvalue weighted by Crippen LogP contribution is 2.26. The molecule has 9 heteroatoms. The lowest BCUT2D eigenvalue weighted by atomic mass is 10.2. The van der Waals surface area contributed by atoms with E-state index in [-0.39, 0.29) is 0 Å². The van der Waals surface area contributed by atoms with Gasteiger partial charge >= 0.3 is 9.05 Å². The predicted octanol–water partition coefficient (Wildman–Crippen LogP) is 5.59. The first-order valence-electron chi connectivity index (χ1n) is 10.0. The van der Waals surface area contributed by atoms with Gasteiger partial charge in [0, 0.05) is 6.61 Å². The highest BCUT2D eigenvalue weighted by molar-refractivity contribution is 6.87. The first-order chi connectivity index (χ1) is 11.7. The van der Waals surface area contributed by atoms with Gasteiger partial charge in [0.25, 0.3) is 0 Å². The third-order valence-corrected chi connectivity index (χ3v) is 13.8. The zero-order valence-corrected chi connectivity index (χ0v) is 23.0. The molecule has 26 heavy (non-hydrogen) atoms. The van der Waals surface area contributed by atoms with Crippen LogP contribution in [0.15, 0.2) is 0 Å². The second-order valence-corrected chi connectivity index (χ2v) is 26.1. The molecule has 0 unspecified atom stereocenters. The third-order valence-electron chi connectivity index (χ3n) is 2.94. The molecule has 0 N–H and O–H groups in total. The summed E-state index contributed by atoms with van der Waals surface area (Å²) < 4.78 is 31.4.